The van der Waals surface area contributed by atoms with Crippen LogP contribution >= 0.6 is 0 Å². The number of ether oxygens (including phenoxy) is 1. The Labute approximate surface area is 206 Å². The molecule has 0 N–H and O–H groups in total. The van der Waals surface area contributed by atoms with Crippen molar-refractivity contribution in [3.63, 3.8) is 0 Å². The Hall–Kier alpha value is -4.98. The topological polar surface area (TPSA) is 94.6 Å². The Morgan fingerprint density at radius 3 is 2.39 bits per heavy atom. The molecular formula is C28H21N3O5. The van der Waals surface area contributed by atoms with Crippen LogP contribution in [0.5, 0.6) is 5.75 Å². The van der Waals surface area contributed by atoms with E-state index in [4.69, 9.17) is 9.15 Å². The Balaban J connectivity index is 1.39. The average molecular weight is 479 g/mol. The fraction of sp³-hybridized carbons (Fsp3) is 0.0714. The van der Waals surface area contributed by atoms with Crippen LogP contribution in [-0.2, 0) is 17.9 Å². The summed E-state index contributed by atoms with van der Waals surface area (Å²) in [6, 6.07) is 25.7. The third kappa shape index (κ3) is 4.92. The predicted molar refractivity (Wildman–Crippen MR) is 134 cm³/mol. The minimum absolute atomic E-state index is 0.157. The number of fused-ring (bicyclic) bond motifs is 1. The van der Waals surface area contributed by atoms with Gasteiger partial charge in [-0.15, -0.1) is 0 Å². The van der Waals surface area contributed by atoms with Crippen LogP contribution in [0.4, 0.5) is 5.69 Å². The number of furan rings is 1. The average Bonchev–Trinajstić information content (AvgIpc) is 3.43. The molecule has 0 aliphatic rings. The molecule has 0 unspecified atom stereocenters. The van der Waals surface area contributed by atoms with Gasteiger partial charge in [-0.3, -0.25) is 14.2 Å². The second-order valence-electron chi connectivity index (χ2n) is 8.00. The van der Waals surface area contributed by atoms with Gasteiger partial charge in [-0.05, 0) is 60.7 Å². The standard InChI is InChI=1S/C28H21N3O5/c32-26(18-30-19-29-25-11-5-4-10-24(25)27(30)33)31(17-23-9-6-16-35-23)21-12-14-22(15-13-21)36-28(34)20-7-2-1-3-8-20/h1-16,19H,17-18H2. The molecule has 3 aromatic carbocycles. The molecule has 178 valence electrons. The highest BCUT2D eigenvalue weighted by molar-refractivity contribution is 5.94. The maximum Gasteiger partial charge on any atom is 0.343 e. The van der Waals surface area contributed by atoms with Crippen LogP contribution in [0, 0.1) is 0 Å². The van der Waals surface area contributed by atoms with Crippen LogP contribution in [0.3, 0.4) is 0 Å². The number of aromatic nitrogens is 2. The second kappa shape index (κ2) is 10.1. The first-order valence-electron chi connectivity index (χ1n) is 11.2. The molecule has 0 atom stereocenters. The zero-order valence-corrected chi connectivity index (χ0v) is 19.1. The van der Waals surface area contributed by atoms with Crippen molar-refractivity contribution >= 4 is 28.5 Å². The summed E-state index contributed by atoms with van der Waals surface area (Å²) in [4.78, 5) is 44.4. The molecule has 0 saturated carbocycles. The number of hydrogen-bond acceptors (Lipinski definition) is 6. The second-order valence-corrected chi connectivity index (χ2v) is 8.00. The van der Waals surface area contributed by atoms with E-state index in [1.54, 1.807) is 84.9 Å². The maximum atomic E-state index is 13.4. The van der Waals surface area contributed by atoms with Crippen molar-refractivity contribution in [2.75, 3.05) is 4.90 Å². The Morgan fingerprint density at radius 2 is 1.64 bits per heavy atom. The van der Waals surface area contributed by atoms with Gasteiger partial charge in [0.15, 0.2) is 0 Å². The van der Waals surface area contributed by atoms with Crippen LogP contribution in [0.25, 0.3) is 10.9 Å². The molecule has 8 heteroatoms. The molecule has 8 nitrogen and oxygen atoms in total. The van der Waals surface area contributed by atoms with Crippen molar-refractivity contribution in [2.24, 2.45) is 0 Å². The lowest BCUT2D eigenvalue weighted by Gasteiger charge is -2.22. The third-order valence-corrected chi connectivity index (χ3v) is 5.60. The fourth-order valence-electron chi connectivity index (χ4n) is 3.77. The van der Waals surface area contributed by atoms with Crippen molar-refractivity contribution in [1.29, 1.82) is 0 Å². The number of esters is 1. The minimum atomic E-state index is -0.477. The summed E-state index contributed by atoms with van der Waals surface area (Å²) in [6.45, 7) is -0.0487. The number of anilines is 1. The molecular weight excluding hydrogens is 458 g/mol. The first-order chi connectivity index (χ1) is 17.6. The first-order valence-corrected chi connectivity index (χ1v) is 11.2. The van der Waals surface area contributed by atoms with Crippen LogP contribution in [-0.4, -0.2) is 21.4 Å². The SMILES string of the molecule is O=C(Oc1ccc(N(Cc2ccco2)C(=O)Cn2cnc3ccccc3c2=O)cc1)c1ccccc1. The van der Waals surface area contributed by atoms with Gasteiger partial charge in [0, 0.05) is 5.69 Å². The van der Waals surface area contributed by atoms with Gasteiger partial charge in [-0.2, -0.15) is 0 Å². The maximum absolute atomic E-state index is 13.4. The van der Waals surface area contributed by atoms with Crippen LogP contribution in [0.15, 0.2) is 113 Å². The van der Waals surface area contributed by atoms with E-state index in [0.717, 1.165) is 0 Å². The summed E-state index contributed by atoms with van der Waals surface area (Å²) in [7, 11) is 0. The van der Waals surface area contributed by atoms with E-state index in [0.29, 0.717) is 33.7 Å². The number of carbonyl (C=O) groups excluding carboxylic acids is 2. The van der Waals surface area contributed by atoms with Gasteiger partial charge in [-0.1, -0.05) is 30.3 Å². The number of benzene rings is 3. The van der Waals surface area contributed by atoms with Crippen molar-refractivity contribution in [1.82, 2.24) is 9.55 Å². The third-order valence-electron chi connectivity index (χ3n) is 5.60. The molecule has 2 aromatic heterocycles. The molecule has 0 aliphatic carbocycles. The normalized spacial score (nSPS) is 10.8. The van der Waals surface area contributed by atoms with E-state index in [1.807, 2.05) is 6.07 Å². The zero-order chi connectivity index (χ0) is 24.9. The lowest BCUT2D eigenvalue weighted by atomic mass is 10.2. The molecule has 5 aromatic rings. The lowest BCUT2D eigenvalue weighted by Crippen LogP contribution is -2.36. The summed E-state index contributed by atoms with van der Waals surface area (Å²) >= 11 is 0. The van der Waals surface area contributed by atoms with Gasteiger partial charge in [0.25, 0.3) is 5.56 Å². The molecule has 0 aliphatic heterocycles. The highest BCUT2D eigenvalue weighted by Gasteiger charge is 2.20. The van der Waals surface area contributed by atoms with E-state index < -0.39 is 5.97 Å². The number of carbonyl (C=O) groups is 2. The first kappa shape index (κ1) is 22.8. The Morgan fingerprint density at radius 1 is 0.889 bits per heavy atom. The smallest absolute Gasteiger partial charge is 0.343 e. The lowest BCUT2D eigenvalue weighted by molar-refractivity contribution is -0.119. The van der Waals surface area contributed by atoms with E-state index in [-0.39, 0.29) is 24.6 Å². The van der Waals surface area contributed by atoms with E-state index >= 15 is 0 Å². The number of hydrogen-bond donors (Lipinski definition) is 0. The fourth-order valence-corrected chi connectivity index (χ4v) is 3.77. The van der Waals surface area contributed by atoms with Gasteiger partial charge < -0.3 is 14.1 Å². The molecule has 0 fully saturated rings. The molecule has 0 spiro atoms. The highest BCUT2D eigenvalue weighted by Crippen LogP contribution is 2.23. The summed E-state index contributed by atoms with van der Waals surface area (Å²) in [5.74, 6) is 0.106. The van der Waals surface area contributed by atoms with Crippen molar-refractivity contribution in [3.05, 3.63) is 125 Å². The Kier molecular flexibility index (Phi) is 6.40. The Bertz CT molecular complexity index is 1560. The molecule has 36 heavy (non-hydrogen) atoms. The minimum Gasteiger partial charge on any atom is -0.467 e. The van der Waals surface area contributed by atoms with E-state index in [9.17, 15) is 14.4 Å². The summed E-state index contributed by atoms with van der Waals surface area (Å²) in [6.07, 6.45) is 2.90. The van der Waals surface area contributed by atoms with Crippen molar-refractivity contribution in [3.8, 4) is 5.75 Å². The molecule has 0 radical (unpaired) electrons. The molecule has 0 bridgehead atoms. The van der Waals surface area contributed by atoms with Gasteiger partial charge in [0.1, 0.15) is 18.1 Å². The molecule has 1 amide bonds. The largest absolute Gasteiger partial charge is 0.467 e. The van der Waals surface area contributed by atoms with Crippen LogP contribution in [0.1, 0.15) is 16.1 Å². The number of amides is 1. The van der Waals surface area contributed by atoms with E-state index in [2.05, 4.69) is 4.98 Å². The van der Waals surface area contributed by atoms with Gasteiger partial charge in [-0.25, -0.2) is 9.78 Å². The number of nitrogens with zero attached hydrogens (tertiary/aromatic N) is 3. The number of para-hydroxylation sites is 1. The molecule has 5 rings (SSSR count). The van der Waals surface area contributed by atoms with E-state index in [1.165, 1.54) is 22.1 Å². The molecule has 2 heterocycles. The van der Waals surface area contributed by atoms with Gasteiger partial charge >= 0.3 is 5.97 Å². The van der Waals surface area contributed by atoms with Crippen molar-refractivity contribution < 1.29 is 18.7 Å². The monoisotopic (exact) mass is 479 g/mol. The van der Waals surface area contributed by atoms with Crippen molar-refractivity contribution in [2.45, 2.75) is 13.1 Å². The zero-order valence-electron chi connectivity index (χ0n) is 19.1. The summed E-state index contributed by atoms with van der Waals surface area (Å²) < 4.78 is 12.2. The summed E-state index contributed by atoms with van der Waals surface area (Å²) in [5, 5.41) is 0.440. The molecule has 0 saturated heterocycles. The number of rotatable bonds is 7. The van der Waals surface area contributed by atoms with Crippen LogP contribution in [0.2, 0.25) is 0 Å². The highest BCUT2D eigenvalue weighted by atomic mass is 16.5. The summed E-state index contributed by atoms with van der Waals surface area (Å²) in [5.41, 5.74) is 1.26. The predicted octanol–water partition coefficient (Wildman–Crippen LogP) is 4.44. The van der Waals surface area contributed by atoms with Gasteiger partial charge in [0.2, 0.25) is 5.91 Å². The van der Waals surface area contributed by atoms with Crippen LogP contribution < -0.4 is 15.2 Å². The quantitative estimate of drug-likeness (QED) is 0.253. The van der Waals surface area contributed by atoms with Gasteiger partial charge in [0.05, 0.1) is 35.6 Å².